The highest BCUT2D eigenvalue weighted by molar-refractivity contribution is 5.85. The van der Waals surface area contributed by atoms with Crippen LogP contribution >= 0.6 is 0 Å². The third-order valence-corrected chi connectivity index (χ3v) is 5.37. The first kappa shape index (κ1) is 23.3. The van der Waals surface area contributed by atoms with Crippen molar-refractivity contribution in [3.8, 4) is 11.1 Å². The number of alkyl carbamates (subject to hydrolysis) is 1. The number of carboxylic acids is 1. The van der Waals surface area contributed by atoms with Crippen LogP contribution in [0.5, 0.6) is 0 Å². The number of aliphatic carboxylic acids is 1. The molecular formula is C24H28N2O6. The molecule has 2 amide bonds. The molecule has 1 aliphatic carbocycles. The van der Waals surface area contributed by atoms with Crippen molar-refractivity contribution >= 4 is 18.0 Å². The summed E-state index contributed by atoms with van der Waals surface area (Å²) in [6.45, 7) is 2.47. The topological polar surface area (TPSA) is 114 Å². The lowest BCUT2D eigenvalue weighted by molar-refractivity contribution is -0.138. The number of fused-ring (bicyclic) bond motifs is 3. The van der Waals surface area contributed by atoms with Crippen LogP contribution in [0.2, 0.25) is 0 Å². The van der Waals surface area contributed by atoms with E-state index in [1.54, 1.807) is 6.92 Å². The van der Waals surface area contributed by atoms with E-state index < -0.39 is 18.1 Å². The molecule has 1 aliphatic rings. The molecule has 0 heterocycles. The van der Waals surface area contributed by atoms with Gasteiger partial charge in [-0.2, -0.15) is 0 Å². The minimum absolute atomic E-state index is 0.0509. The third-order valence-electron chi connectivity index (χ3n) is 5.37. The van der Waals surface area contributed by atoms with E-state index in [1.807, 2.05) is 36.4 Å². The summed E-state index contributed by atoms with van der Waals surface area (Å²) in [4.78, 5) is 35.1. The lowest BCUT2D eigenvalue weighted by Crippen LogP contribution is -2.47. The molecule has 0 saturated carbocycles. The van der Waals surface area contributed by atoms with Crippen molar-refractivity contribution in [2.24, 2.45) is 0 Å². The number of carbonyl (C=O) groups is 3. The Kier molecular flexibility index (Phi) is 8.21. The summed E-state index contributed by atoms with van der Waals surface area (Å²) in [6, 6.07) is 15.4. The molecule has 0 aromatic heterocycles. The summed E-state index contributed by atoms with van der Waals surface area (Å²) in [5, 5.41) is 13.8. The third kappa shape index (κ3) is 5.85. The molecule has 170 valence electrons. The van der Waals surface area contributed by atoms with Crippen molar-refractivity contribution in [1.82, 2.24) is 10.6 Å². The second-order valence-electron chi connectivity index (χ2n) is 7.48. The van der Waals surface area contributed by atoms with Gasteiger partial charge in [-0.1, -0.05) is 55.5 Å². The van der Waals surface area contributed by atoms with Crippen molar-refractivity contribution in [2.75, 3.05) is 26.4 Å². The van der Waals surface area contributed by atoms with Gasteiger partial charge in [0.2, 0.25) is 5.91 Å². The normalized spacial score (nSPS) is 13.0. The number of carboxylic acid groups (broad SMARTS) is 1. The molecule has 2 aromatic carbocycles. The minimum atomic E-state index is -0.938. The smallest absolute Gasteiger partial charge is 0.407 e. The molecule has 0 radical (unpaired) electrons. The molecule has 32 heavy (non-hydrogen) atoms. The zero-order chi connectivity index (χ0) is 22.9. The Hall–Kier alpha value is -3.39. The van der Waals surface area contributed by atoms with Gasteiger partial charge >= 0.3 is 12.1 Å². The van der Waals surface area contributed by atoms with E-state index in [2.05, 4.69) is 22.8 Å². The van der Waals surface area contributed by atoms with Gasteiger partial charge in [-0.05, 0) is 28.7 Å². The fraction of sp³-hybridized carbons (Fsp3) is 0.375. The van der Waals surface area contributed by atoms with Crippen LogP contribution in [0.25, 0.3) is 11.1 Å². The highest BCUT2D eigenvalue weighted by Gasteiger charge is 2.29. The zero-order valence-corrected chi connectivity index (χ0v) is 18.0. The van der Waals surface area contributed by atoms with Crippen LogP contribution in [0, 0.1) is 0 Å². The Morgan fingerprint density at radius 1 is 1.00 bits per heavy atom. The molecular weight excluding hydrogens is 412 g/mol. The predicted molar refractivity (Wildman–Crippen MR) is 118 cm³/mol. The van der Waals surface area contributed by atoms with Gasteiger partial charge in [0, 0.05) is 12.5 Å². The highest BCUT2D eigenvalue weighted by Crippen LogP contribution is 2.44. The minimum Gasteiger partial charge on any atom is -0.481 e. The van der Waals surface area contributed by atoms with E-state index in [4.69, 9.17) is 14.6 Å². The van der Waals surface area contributed by atoms with Crippen molar-refractivity contribution in [3.05, 3.63) is 59.7 Å². The van der Waals surface area contributed by atoms with Crippen LogP contribution in [-0.2, 0) is 19.1 Å². The van der Waals surface area contributed by atoms with E-state index in [1.165, 1.54) is 0 Å². The zero-order valence-electron chi connectivity index (χ0n) is 18.0. The Bertz CT molecular complexity index is 916. The average Bonchev–Trinajstić information content (AvgIpc) is 3.11. The molecule has 0 spiro atoms. The van der Waals surface area contributed by atoms with Gasteiger partial charge in [-0.15, -0.1) is 0 Å². The largest absolute Gasteiger partial charge is 0.481 e. The van der Waals surface area contributed by atoms with Crippen LogP contribution in [0.15, 0.2) is 48.5 Å². The summed E-state index contributed by atoms with van der Waals surface area (Å²) < 4.78 is 10.6. The summed E-state index contributed by atoms with van der Waals surface area (Å²) in [5.74, 6) is -1.33. The second-order valence-corrected chi connectivity index (χ2v) is 7.48. The molecule has 2 aromatic rings. The van der Waals surface area contributed by atoms with E-state index in [0.29, 0.717) is 6.42 Å². The summed E-state index contributed by atoms with van der Waals surface area (Å²) in [5.41, 5.74) is 4.53. The van der Waals surface area contributed by atoms with E-state index in [9.17, 15) is 14.4 Å². The first-order valence-electron chi connectivity index (χ1n) is 10.7. The van der Waals surface area contributed by atoms with Crippen LogP contribution in [0.3, 0.4) is 0 Å². The molecule has 0 bridgehead atoms. The van der Waals surface area contributed by atoms with Crippen molar-refractivity contribution in [3.63, 3.8) is 0 Å². The first-order valence-corrected chi connectivity index (χ1v) is 10.7. The lowest BCUT2D eigenvalue weighted by Gasteiger charge is -2.18. The summed E-state index contributed by atoms with van der Waals surface area (Å²) in [6.07, 6.45) is -0.336. The van der Waals surface area contributed by atoms with Gasteiger partial charge in [0.15, 0.2) is 0 Å². The monoisotopic (exact) mass is 440 g/mol. The second kappa shape index (κ2) is 11.3. The summed E-state index contributed by atoms with van der Waals surface area (Å²) in [7, 11) is 0. The molecule has 8 heteroatoms. The Labute approximate surface area is 186 Å². The van der Waals surface area contributed by atoms with Crippen molar-refractivity contribution in [1.29, 1.82) is 0 Å². The molecule has 0 saturated heterocycles. The number of rotatable bonds is 11. The number of ether oxygens (including phenoxy) is 2. The molecule has 8 nitrogen and oxygen atoms in total. The van der Waals surface area contributed by atoms with Crippen LogP contribution in [0.1, 0.15) is 36.8 Å². The maximum Gasteiger partial charge on any atom is 0.407 e. The standard InChI is InChI=1S/C24H28N2O6/c1-2-21(23(29)25-12-14-31-13-11-22(27)28)26-24(30)32-15-20-18-9-5-3-7-16(18)17-8-4-6-10-19(17)20/h3-10,20-21H,2,11-15H2,1H3,(H,25,29)(H,26,30)(H,27,28). The van der Waals surface area contributed by atoms with Gasteiger partial charge in [0.25, 0.3) is 0 Å². The Balaban J connectivity index is 1.47. The molecule has 1 atom stereocenters. The number of carbonyl (C=O) groups excluding carboxylic acids is 2. The first-order chi connectivity index (χ1) is 15.5. The molecule has 3 N–H and O–H groups in total. The highest BCUT2D eigenvalue weighted by atomic mass is 16.5. The van der Waals surface area contributed by atoms with E-state index >= 15 is 0 Å². The van der Waals surface area contributed by atoms with Gasteiger partial charge in [0.1, 0.15) is 12.6 Å². The number of hydrogen-bond acceptors (Lipinski definition) is 5. The van der Waals surface area contributed by atoms with Crippen molar-refractivity contribution < 1.29 is 29.0 Å². The Morgan fingerprint density at radius 3 is 2.22 bits per heavy atom. The van der Waals surface area contributed by atoms with Crippen molar-refractivity contribution in [2.45, 2.75) is 31.7 Å². The molecule has 0 fully saturated rings. The van der Waals surface area contributed by atoms with Gasteiger partial charge in [-0.25, -0.2) is 4.79 Å². The van der Waals surface area contributed by atoms with Gasteiger partial charge in [-0.3, -0.25) is 9.59 Å². The maximum atomic E-state index is 12.4. The fourth-order valence-corrected chi connectivity index (χ4v) is 3.77. The van der Waals surface area contributed by atoms with Crippen LogP contribution in [-0.4, -0.2) is 55.5 Å². The van der Waals surface area contributed by atoms with Gasteiger partial charge in [0.05, 0.1) is 19.6 Å². The van der Waals surface area contributed by atoms with Crippen LogP contribution < -0.4 is 10.6 Å². The predicted octanol–water partition coefficient (Wildman–Crippen LogP) is 2.91. The summed E-state index contributed by atoms with van der Waals surface area (Å²) >= 11 is 0. The van der Waals surface area contributed by atoms with E-state index in [0.717, 1.165) is 22.3 Å². The Morgan fingerprint density at radius 2 is 1.62 bits per heavy atom. The average molecular weight is 440 g/mol. The number of amides is 2. The van der Waals surface area contributed by atoms with Gasteiger partial charge < -0.3 is 25.2 Å². The molecule has 0 aliphatic heterocycles. The lowest BCUT2D eigenvalue weighted by atomic mass is 9.98. The number of benzene rings is 2. The van der Waals surface area contributed by atoms with Crippen LogP contribution in [0.4, 0.5) is 4.79 Å². The maximum absolute atomic E-state index is 12.4. The number of nitrogens with one attached hydrogen (secondary N) is 2. The molecule has 3 rings (SSSR count). The molecule has 1 unspecified atom stereocenters. The number of hydrogen-bond donors (Lipinski definition) is 3. The fourth-order valence-electron chi connectivity index (χ4n) is 3.77. The quantitative estimate of drug-likeness (QED) is 0.463. The van der Waals surface area contributed by atoms with E-state index in [-0.39, 0.29) is 44.6 Å². The SMILES string of the molecule is CCC(NC(=O)OCC1c2ccccc2-c2ccccc21)C(=O)NCCOCCC(=O)O.